The molecule has 2 aromatic carbocycles. The van der Waals surface area contributed by atoms with E-state index in [0.29, 0.717) is 31.0 Å². The number of para-hydroxylation sites is 1. The van der Waals surface area contributed by atoms with Gasteiger partial charge in [-0.05, 0) is 36.8 Å². The fourth-order valence-corrected chi connectivity index (χ4v) is 2.21. The lowest BCUT2D eigenvalue weighted by atomic mass is 10.2. The van der Waals surface area contributed by atoms with Crippen molar-refractivity contribution >= 4 is 17.5 Å². The average Bonchev–Trinajstić information content (AvgIpc) is 2.58. The number of rotatable bonds is 8. The summed E-state index contributed by atoms with van der Waals surface area (Å²) in [5.41, 5.74) is 0.959. The fourth-order valence-electron chi connectivity index (χ4n) is 2.08. The number of nitrogens with one attached hydrogen (secondary N) is 1. The summed E-state index contributed by atoms with van der Waals surface area (Å²) in [7, 11) is 1.62. The molecule has 0 spiro atoms. The molecule has 0 bridgehead atoms. The van der Waals surface area contributed by atoms with Gasteiger partial charge in [0.15, 0.2) is 0 Å². The van der Waals surface area contributed by atoms with Gasteiger partial charge in [-0.1, -0.05) is 29.8 Å². The number of carbonyl (C=O) groups excluding carboxylic acids is 1. The van der Waals surface area contributed by atoms with Crippen LogP contribution in [0.15, 0.2) is 48.5 Å². The van der Waals surface area contributed by atoms with Gasteiger partial charge in [-0.25, -0.2) is 0 Å². The highest BCUT2D eigenvalue weighted by Crippen LogP contribution is 2.17. The molecule has 0 aliphatic heterocycles. The maximum atomic E-state index is 11.8. The summed E-state index contributed by atoms with van der Waals surface area (Å²) in [6, 6.07) is 14.8. The molecular formula is C18H20ClNO3. The van der Waals surface area contributed by atoms with Crippen molar-refractivity contribution in [2.45, 2.75) is 19.4 Å². The van der Waals surface area contributed by atoms with Crippen LogP contribution < -0.4 is 14.8 Å². The van der Waals surface area contributed by atoms with Crippen molar-refractivity contribution in [3.05, 3.63) is 59.1 Å². The molecule has 0 atom stereocenters. The van der Waals surface area contributed by atoms with Crippen molar-refractivity contribution in [3.63, 3.8) is 0 Å². The number of hydrogen-bond donors (Lipinski definition) is 1. The Kier molecular flexibility index (Phi) is 6.76. The van der Waals surface area contributed by atoms with Gasteiger partial charge in [0.05, 0.1) is 13.7 Å². The van der Waals surface area contributed by atoms with Gasteiger partial charge in [0.25, 0.3) is 0 Å². The fraction of sp³-hybridized carbons (Fsp3) is 0.278. The molecule has 1 N–H and O–H groups in total. The molecule has 0 saturated carbocycles. The third-order valence-electron chi connectivity index (χ3n) is 3.30. The van der Waals surface area contributed by atoms with E-state index in [0.717, 1.165) is 17.1 Å². The molecule has 0 aliphatic carbocycles. The summed E-state index contributed by atoms with van der Waals surface area (Å²) in [4.78, 5) is 11.8. The van der Waals surface area contributed by atoms with Gasteiger partial charge in [-0.15, -0.1) is 0 Å². The summed E-state index contributed by atoms with van der Waals surface area (Å²) in [6.07, 6.45) is 1.07. The van der Waals surface area contributed by atoms with Crippen molar-refractivity contribution in [1.82, 2.24) is 5.32 Å². The number of carbonyl (C=O) groups is 1. The third-order valence-corrected chi connectivity index (χ3v) is 3.55. The summed E-state index contributed by atoms with van der Waals surface area (Å²) < 4.78 is 10.8. The van der Waals surface area contributed by atoms with Crippen LogP contribution in [0.3, 0.4) is 0 Å². The number of ether oxygens (including phenoxy) is 2. The number of methoxy groups -OCH3 is 1. The highest BCUT2D eigenvalue weighted by atomic mass is 35.5. The van der Waals surface area contributed by atoms with Crippen LogP contribution in [0.5, 0.6) is 11.5 Å². The Morgan fingerprint density at radius 3 is 2.61 bits per heavy atom. The first-order valence-electron chi connectivity index (χ1n) is 7.46. The molecule has 1 amide bonds. The van der Waals surface area contributed by atoms with Gasteiger partial charge in [-0.3, -0.25) is 4.79 Å². The Morgan fingerprint density at radius 2 is 1.87 bits per heavy atom. The molecule has 0 aromatic heterocycles. The van der Waals surface area contributed by atoms with E-state index in [-0.39, 0.29) is 5.91 Å². The monoisotopic (exact) mass is 333 g/mol. The Hall–Kier alpha value is -2.20. The van der Waals surface area contributed by atoms with Crippen LogP contribution in [-0.4, -0.2) is 19.6 Å². The molecule has 23 heavy (non-hydrogen) atoms. The van der Waals surface area contributed by atoms with Crippen molar-refractivity contribution in [1.29, 1.82) is 0 Å². The molecule has 0 unspecified atom stereocenters. The molecule has 0 aliphatic rings. The molecule has 122 valence electrons. The predicted molar refractivity (Wildman–Crippen MR) is 91.0 cm³/mol. The molecule has 5 heteroatoms. The topological polar surface area (TPSA) is 47.6 Å². The van der Waals surface area contributed by atoms with Crippen LogP contribution in [0.1, 0.15) is 18.4 Å². The normalized spacial score (nSPS) is 10.2. The lowest BCUT2D eigenvalue weighted by Crippen LogP contribution is -2.23. The lowest BCUT2D eigenvalue weighted by molar-refractivity contribution is -0.121. The highest BCUT2D eigenvalue weighted by Gasteiger charge is 2.05. The van der Waals surface area contributed by atoms with Gasteiger partial charge < -0.3 is 14.8 Å². The molecule has 4 nitrogen and oxygen atoms in total. The van der Waals surface area contributed by atoms with Gasteiger partial charge in [-0.2, -0.15) is 0 Å². The maximum absolute atomic E-state index is 11.8. The van der Waals surface area contributed by atoms with E-state index >= 15 is 0 Å². The molecular weight excluding hydrogens is 314 g/mol. The molecule has 2 aromatic rings. The number of benzene rings is 2. The van der Waals surface area contributed by atoms with Gasteiger partial charge in [0.2, 0.25) is 5.91 Å². The van der Waals surface area contributed by atoms with Crippen LogP contribution in [-0.2, 0) is 11.3 Å². The number of halogens is 1. The molecule has 0 heterocycles. The Morgan fingerprint density at radius 1 is 1.13 bits per heavy atom. The minimum absolute atomic E-state index is 0.00406. The highest BCUT2D eigenvalue weighted by molar-refractivity contribution is 6.30. The zero-order valence-electron chi connectivity index (χ0n) is 13.0. The van der Waals surface area contributed by atoms with Crippen LogP contribution in [0, 0.1) is 0 Å². The van der Waals surface area contributed by atoms with E-state index in [2.05, 4.69) is 5.32 Å². The van der Waals surface area contributed by atoms with E-state index in [1.54, 1.807) is 19.2 Å². The van der Waals surface area contributed by atoms with Crippen LogP contribution in [0.4, 0.5) is 0 Å². The largest absolute Gasteiger partial charge is 0.496 e. The second-order valence-electron chi connectivity index (χ2n) is 4.99. The van der Waals surface area contributed by atoms with Gasteiger partial charge >= 0.3 is 0 Å². The zero-order chi connectivity index (χ0) is 16.5. The quantitative estimate of drug-likeness (QED) is 0.747. The second-order valence-corrected chi connectivity index (χ2v) is 5.43. The zero-order valence-corrected chi connectivity index (χ0v) is 13.8. The first-order valence-corrected chi connectivity index (χ1v) is 7.84. The summed E-state index contributed by atoms with van der Waals surface area (Å²) in [5, 5.41) is 3.56. The van der Waals surface area contributed by atoms with Crippen LogP contribution >= 0.6 is 11.6 Å². The Balaban J connectivity index is 1.66. The molecule has 0 radical (unpaired) electrons. The first-order chi connectivity index (χ1) is 11.2. The van der Waals surface area contributed by atoms with Crippen LogP contribution in [0.25, 0.3) is 0 Å². The Bertz CT molecular complexity index is 628. The van der Waals surface area contributed by atoms with E-state index in [4.69, 9.17) is 21.1 Å². The van der Waals surface area contributed by atoms with Gasteiger partial charge in [0.1, 0.15) is 11.5 Å². The maximum Gasteiger partial charge on any atom is 0.220 e. The molecule has 2 rings (SSSR count). The van der Waals surface area contributed by atoms with Crippen molar-refractivity contribution in [2.75, 3.05) is 13.7 Å². The first kappa shape index (κ1) is 17.2. The minimum atomic E-state index is -0.00406. The SMILES string of the molecule is COc1ccccc1CNC(=O)CCCOc1ccc(Cl)cc1. The Labute approximate surface area is 141 Å². The van der Waals surface area contributed by atoms with Crippen molar-refractivity contribution in [3.8, 4) is 11.5 Å². The number of hydrogen-bond acceptors (Lipinski definition) is 3. The molecule has 0 fully saturated rings. The summed E-state index contributed by atoms with van der Waals surface area (Å²) in [5.74, 6) is 1.53. The smallest absolute Gasteiger partial charge is 0.220 e. The summed E-state index contributed by atoms with van der Waals surface area (Å²) >= 11 is 5.80. The van der Waals surface area contributed by atoms with E-state index in [1.165, 1.54) is 0 Å². The minimum Gasteiger partial charge on any atom is -0.496 e. The third kappa shape index (κ3) is 5.83. The van der Waals surface area contributed by atoms with Crippen molar-refractivity contribution < 1.29 is 14.3 Å². The average molecular weight is 334 g/mol. The van der Waals surface area contributed by atoms with Crippen molar-refractivity contribution in [2.24, 2.45) is 0 Å². The number of amides is 1. The van der Waals surface area contributed by atoms with E-state index < -0.39 is 0 Å². The standard InChI is InChI=1S/C18H20ClNO3/c1-22-17-6-3-2-5-14(17)13-20-18(21)7-4-12-23-16-10-8-15(19)9-11-16/h2-3,5-6,8-11H,4,7,12-13H2,1H3,(H,20,21). The second kappa shape index (κ2) is 9.06. The van der Waals surface area contributed by atoms with Gasteiger partial charge in [0, 0.05) is 23.6 Å². The molecule has 0 saturated heterocycles. The van der Waals surface area contributed by atoms with E-state index in [9.17, 15) is 4.79 Å². The summed E-state index contributed by atoms with van der Waals surface area (Å²) in [6.45, 7) is 0.949. The van der Waals surface area contributed by atoms with E-state index in [1.807, 2.05) is 36.4 Å². The lowest BCUT2D eigenvalue weighted by Gasteiger charge is -2.10. The predicted octanol–water partition coefficient (Wildman–Crippen LogP) is 3.82. The van der Waals surface area contributed by atoms with Crippen LogP contribution in [0.2, 0.25) is 5.02 Å².